The molecule has 0 radical (unpaired) electrons. The zero-order valence-corrected chi connectivity index (χ0v) is 9.78. The molecule has 1 rings (SSSR count). The summed E-state index contributed by atoms with van der Waals surface area (Å²) in [6.45, 7) is 1.99. The maximum Gasteiger partial charge on any atom is 0.145 e. The Morgan fingerprint density at radius 2 is 1.93 bits per heavy atom. The molecule has 0 heterocycles. The summed E-state index contributed by atoms with van der Waals surface area (Å²) in [4.78, 5) is 11.3. The van der Waals surface area contributed by atoms with Crippen LogP contribution < -0.4 is 0 Å². The third-order valence-electron chi connectivity index (χ3n) is 2.76. The topological polar surface area (TPSA) is 34.1 Å². The first-order chi connectivity index (χ1) is 6.74. The fraction of sp³-hybridized carbons (Fsp3) is 0.909. The second-order valence-electron chi connectivity index (χ2n) is 4.07. The van der Waals surface area contributed by atoms with Crippen LogP contribution in [0.25, 0.3) is 0 Å². The van der Waals surface area contributed by atoms with E-state index in [1.54, 1.807) is 0 Å². The largest absolute Gasteiger partial charge is 0.299 e. The molecule has 14 heavy (non-hydrogen) atoms. The smallest absolute Gasteiger partial charge is 0.145 e. The van der Waals surface area contributed by atoms with Crippen LogP contribution in [-0.2, 0) is 15.6 Å². The van der Waals surface area contributed by atoms with Crippen LogP contribution in [0.15, 0.2) is 0 Å². The molecule has 3 heteroatoms. The Morgan fingerprint density at radius 1 is 1.29 bits per heavy atom. The molecule has 0 aromatic rings. The minimum atomic E-state index is -0.888. The van der Waals surface area contributed by atoms with E-state index in [0.717, 1.165) is 19.3 Å². The van der Waals surface area contributed by atoms with E-state index in [1.165, 1.54) is 19.3 Å². The lowest BCUT2D eigenvalue weighted by Gasteiger charge is -2.20. The standard InChI is InChI=1S/C11H20O2S/c1-2-6-10(12)9-14(13)11-7-4-3-5-8-11/h11H,2-9H2,1H3. The third kappa shape index (κ3) is 3.91. The second-order valence-corrected chi connectivity index (χ2v) is 5.79. The summed E-state index contributed by atoms with van der Waals surface area (Å²) in [6.07, 6.45) is 7.25. The van der Waals surface area contributed by atoms with Gasteiger partial charge in [0, 0.05) is 22.5 Å². The van der Waals surface area contributed by atoms with Crippen LogP contribution in [0.5, 0.6) is 0 Å². The lowest BCUT2D eigenvalue weighted by atomic mass is 10.0. The van der Waals surface area contributed by atoms with Crippen molar-refractivity contribution in [2.24, 2.45) is 0 Å². The van der Waals surface area contributed by atoms with Crippen LogP contribution in [0.1, 0.15) is 51.9 Å². The number of carbonyl (C=O) groups excluding carboxylic acids is 1. The van der Waals surface area contributed by atoms with Crippen molar-refractivity contribution in [3.63, 3.8) is 0 Å². The highest BCUT2D eigenvalue weighted by atomic mass is 32.2. The van der Waals surface area contributed by atoms with Gasteiger partial charge in [0.2, 0.25) is 0 Å². The lowest BCUT2D eigenvalue weighted by molar-refractivity contribution is -0.116. The van der Waals surface area contributed by atoms with E-state index in [1.807, 2.05) is 6.92 Å². The van der Waals surface area contributed by atoms with E-state index < -0.39 is 10.8 Å². The van der Waals surface area contributed by atoms with Crippen molar-refractivity contribution in [1.82, 2.24) is 0 Å². The van der Waals surface area contributed by atoms with E-state index in [4.69, 9.17) is 0 Å². The number of ketones is 1. The van der Waals surface area contributed by atoms with E-state index >= 15 is 0 Å². The van der Waals surface area contributed by atoms with Crippen molar-refractivity contribution in [3.8, 4) is 0 Å². The van der Waals surface area contributed by atoms with Gasteiger partial charge in [0.15, 0.2) is 0 Å². The zero-order valence-electron chi connectivity index (χ0n) is 8.96. The van der Waals surface area contributed by atoms with Gasteiger partial charge in [-0.1, -0.05) is 26.2 Å². The molecule has 1 atom stereocenters. The highest BCUT2D eigenvalue weighted by Crippen LogP contribution is 2.22. The first-order valence-electron chi connectivity index (χ1n) is 5.63. The van der Waals surface area contributed by atoms with Gasteiger partial charge >= 0.3 is 0 Å². The molecule has 2 nitrogen and oxygen atoms in total. The van der Waals surface area contributed by atoms with Crippen LogP contribution in [0.4, 0.5) is 0 Å². The number of carbonyl (C=O) groups is 1. The first kappa shape index (κ1) is 11.9. The van der Waals surface area contributed by atoms with Crippen LogP contribution in [0, 0.1) is 0 Å². The van der Waals surface area contributed by atoms with Gasteiger partial charge in [-0.2, -0.15) is 0 Å². The van der Waals surface area contributed by atoms with Crippen molar-refractivity contribution in [2.75, 3.05) is 5.75 Å². The van der Waals surface area contributed by atoms with Gasteiger partial charge in [-0.15, -0.1) is 0 Å². The van der Waals surface area contributed by atoms with Crippen molar-refractivity contribution in [2.45, 2.75) is 57.1 Å². The van der Waals surface area contributed by atoms with E-state index in [-0.39, 0.29) is 5.78 Å². The number of hydrogen-bond acceptors (Lipinski definition) is 2. The summed E-state index contributed by atoms with van der Waals surface area (Å²) in [5, 5.41) is 0.310. The van der Waals surface area contributed by atoms with Crippen LogP contribution >= 0.6 is 0 Å². The van der Waals surface area contributed by atoms with Crippen molar-refractivity contribution in [3.05, 3.63) is 0 Å². The Balaban J connectivity index is 2.29. The molecule has 0 bridgehead atoms. The summed E-state index contributed by atoms with van der Waals surface area (Å²) in [5.41, 5.74) is 0. The fourth-order valence-electron chi connectivity index (χ4n) is 1.96. The van der Waals surface area contributed by atoms with Gasteiger partial charge in [-0.3, -0.25) is 9.00 Å². The molecule has 0 aliphatic heterocycles. The van der Waals surface area contributed by atoms with Gasteiger partial charge in [-0.05, 0) is 19.3 Å². The summed E-state index contributed by atoms with van der Waals surface area (Å²) >= 11 is 0. The summed E-state index contributed by atoms with van der Waals surface area (Å²) in [7, 11) is -0.888. The maximum atomic E-state index is 11.8. The summed E-state index contributed by atoms with van der Waals surface area (Å²) in [5.74, 6) is 0.481. The molecule has 0 amide bonds. The monoisotopic (exact) mass is 216 g/mol. The van der Waals surface area contributed by atoms with E-state index in [2.05, 4.69) is 0 Å². The SMILES string of the molecule is CCCC(=O)CS(=O)C1CCCCC1. The van der Waals surface area contributed by atoms with Gasteiger partial charge in [-0.25, -0.2) is 0 Å². The molecule has 0 N–H and O–H groups in total. The summed E-state index contributed by atoms with van der Waals surface area (Å²) < 4.78 is 11.8. The molecule has 1 unspecified atom stereocenters. The minimum absolute atomic E-state index is 0.177. The lowest BCUT2D eigenvalue weighted by Crippen LogP contribution is -2.24. The molecule has 1 aliphatic rings. The Bertz CT molecular complexity index is 207. The van der Waals surface area contributed by atoms with Crippen molar-refractivity contribution < 1.29 is 9.00 Å². The van der Waals surface area contributed by atoms with Crippen LogP contribution in [0.3, 0.4) is 0 Å². The van der Waals surface area contributed by atoms with Crippen molar-refractivity contribution >= 4 is 16.6 Å². The molecule has 1 aliphatic carbocycles. The zero-order chi connectivity index (χ0) is 10.4. The Kier molecular flexibility index (Phi) is 5.38. The maximum absolute atomic E-state index is 11.8. The molecule has 0 saturated heterocycles. The van der Waals surface area contributed by atoms with Gasteiger partial charge in [0.05, 0.1) is 5.75 Å². The summed E-state index contributed by atoms with van der Waals surface area (Å²) in [6, 6.07) is 0. The molecule has 82 valence electrons. The van der Waals surface area contributed by atoms with Gasteiger partial charge in [0.1, 0.15) is 5.78 Å². The number of rotatable bonds is 5. The Hall–Kier alpha value is -0.180. The number of Topliss-reactive ketones (excluding diaryl/α,β-unsaturated/α-hetero) is 1. The minimum Gasteiger partial charge on any atom is -0.299 e. The normalized spacial score (nSPS) is 20.6. The average molecular weight is 216 g/mol. The van der Waals surface area contributed by atoms with Gasteiger partial charge in [0.25, 0.3) is 0 Å². The Morgan fingerprint density at radius 3 is 2.50 bits per heavy atom. The van der Waals surface area contributed by atoms with Gasteiger partial charge < -0.3 is 0 Å². The quantitative estimate of drug-likeness (QED) is 0.707. The molecular formula is C11H20O2S. The average Bonchev–Trinajstić information content (AvgIpc) is 2.19. The van der Waals surface area contributed by atoms with Crippen LogP contribution in [0.2, 0.25) is 0 Å². The van der Waals surface area contributed by atoms with E-state index in [9.17, 15) is 9.00 Å². The third-order valence-corrected chi connectivity index (χ3v) is 4.58. The van der Waals surface area contributed by atoms with E-state index in [0.29, 0.717) is 17.4 Å². The molecule has 1 saturated carbocycles. The molecular weight excluding hydrogens is 196 g/mol. The molecule has 0 aromatic carbocycles. The molecule has 1 fully saturated rings. The highest BCUT2D eigenvalue weighted by Gasteiger charge is 2.21. The van der Waals surface area contributed by atoms with Crippen molar-refractivity contribution in [1.29, 1.82) is 0 Å². The predicted molar refractivity (Wildman–Crippen MR) is 59.8 cm³/mol. The first-order valence-corrected chi connectivity index (χ1v) is 7.01. The highest BCUT2D eigenvalue weighted by molar-refractivity contribution is 7.86. The second kappa shape index (κ2) is 6.33. The fourth-order valence-corrected chi connectivity index (χ4v) is 3.51. The molecule has 0 spiro atoms. The predicted octanol–water partition coefficient (Wildman–Crippen LogP) is 2.44. The van der Waals surface area contributed by atoms with Crippen LogP contribution in [-0.4, -0.2) is 21.0 Å². The Labute approximate surface area is 88.9 Å². The molecule has 0 aromatic heterocycles. The number of hydrogen-bond donors (Lipinski definition) is 0.